The van der Waals surface area contributed by atoms with Crippen LogP contribution in [0.15, 0.2) is 6.20 Å². The van der Waals surface area contributed by atoms with E-state index in [0.717, 1.165) is 30.4 Å². The maximum Gasteiger partial charge on any atom is 0.435 e. The molecule has 8 heteroatoms. The number of halogens is 3. The third kappa shape index (κ3) is 3.03. The zero-order chi connectivity index (χ0) is 17.7. The minimum absolute atomic E-state index is 0.271. The molecule has 0 aromatic carbocycles. The van der Waals surface area contributed by atoms with Crippen molar-refractivity contribution in [1.82, 2.24) is 19.6 Å². The number of rotatable bonds is 2. The Morgan fingerprint density at radius 1 is 1.29 bits per heavy atom. The molecular formula is C16H23F3N4O. The van der Waals surface area contributed by atoms with E-state index in [4.69, 9.17) is 0 Å². The summed E-state index contributed by atoms with van der Waals surface area (Å²) in [7, 11) is 5.53. The van der Waals surface area contributed by atoms with Crippen LogP contribution < -0.4 is 0 Å². The highest BCUT2D eigenvalue weighted by Crippen LogP contribution is 2.50. The average molecular weight is 344 g/mol. The Kier molecular flexibility index (Phi) is 4.14. The normalized spacial score (nSPS) is 21.4. The average Bonchev–Trinajstić information content (AvgIpc) is 2.86. The monoisotopic (exact) mass is 344 g/mol. The summed E-state index contributed by atoms with van der Waals surface area (Å²) >= 11 is 0. The van der Waals surface area contributed by atoms with Gasteiger partial charge in [0.05, 0.1) is 5.56 Å². The smallest absolute Gasteiger partial charge is 0.338 e. The first-order chi connectivity index (χ1) is 11.1. The van der Waals surface area contributed by atoms with Crippen molar-refractivity contribution in [3.63, 3.8) is 0 Å². The SMILES string of the molecule is CN(C)C1CC2(CCN(C(=O)c3cn(C)nc3C(F)(F)F)CC2)C1. The van der Waals surface area contributed by atoms with Crippen molar-refractivity contribution >= 4 is 5.91 Å². The van der Waals surface area contributed by atoms with Gasteiger partial charge in [-0.2, -0.15) is 18.3 Å². The third-order valence-corrected chi connectivity index (χ3v) is 5.51. The molecule has 0 N–H and O–H groups in total. The Labute approximate surface area is 139 Å². The predicted molar refractivity (Wildman–Crippen MR) is 82.5 cm³/mol. The Hall–Kier alpha value is -1.57. The van der Waals surface area contributed by atoms with E-state index in [1.165, 1.54) is 13.2 Å². The number of likely N-dealkylation sites (tertiary alicyclic amines) is 1. The zero-order valence-corrected chi connectivity index (χ0v) is 14.2. The van der Waals surface area contributed by atoms with Crippen molar-refractivity contribution in [2.45, 2.75) is 37.9 Å². The van der Waals surface area contributed by atoms with Crippen LogP contribution in [0.2, 0.25) is 0 Å². The van der Waals surface area contributed by atoms with Gasteiger partial charge in [0.1, 0.15) is 0 Å². The van der Waals surface area contributed by atoms with E-state index in [0.29, 0.717) is 19.1 Å². The summed E-state index contributed by atoms with van der Waals surface area (Å²) < 4.78 is 40.2. The van der Waals surface area contributed by atoms with Crippen LogP contribution in [0, 0.1) is 5.41 Å². The first-order valence-electron chi connectivity index (χ1n) is 8.18. The number of piperidine rings is 1. The molecule has 2 aliphatic rings. The number of hydrogen-bond acceptors (Lipinski definition) is 3. The summed E-state index contributed by atoms with van der Waals surface area (Å²) in [4.78, 5) is 16.3. The molecule has 2 fully saturated rings. The van der Waals surface area contributed by atoms with Crippen molar-refractivity contribution in [2.75, 3.05) is 27.2 Å². The number of carbonyl (C=O) groups is 1. The summed E-state index contributed by atoms with van der Waals surface area (Å²) in [5.74, 6) is -0.561. The van der Waals surface area contributed by atoms with Gasteiger partial charge in [-0.1, -0.05) is 0 Å². The summed E-state index contributed by atoms with van der Waals surface area (Å²) in [5, 5.41) is 3.42. The van der Waals surface area contributed by atoms with Crippen LogP contribution in [0.1, 0.15) is 41.7 Å². The standard InChI is InChI=1S/C16H23F3N4O/c1-21(2)11-8-15(9-11)4-6-23(7-5-15)14(24)12-10-22(3)20-13(12)16(17,18)19/h10-11H,4-9H2,1-3H3. The van der Waals surface area contributed by atoms with Gasteiger partial charge in [-0.15, -0.1) is 0 Å². The maximum absolute atomic E-state index is 13.0. The lowest BCUT2D eigenvalue weighted by Crippen LogP contribution is -2.54. The fourth-order valence-electron chi connectivity index (χ4n) is 3.92. The Morgan fingerprint density at radius 3 is 2.38 bits per heavy atom. The molecule has 1 saturated heterocycles. The highest BCUT2D eigenvalue weighted by Gasteiger charge is 2.47. The second-order valence-corrected chi connectivity index (χ2v) is 7.38. The number of aromatic nitrogens is 2. The molecule has 1 amide bonds. The van der Waals surface area contributed by atoms with Crippen LogP contribution in [0.4, 0.5) is 13.2 Å². The molecule has 1 aliphatic carbocycles. The Morgan fingerprint density at radius 2 is 1.88 bits per heavy atom. The van der Waals surface area contributed by atoms with Gasteiger partial charge in [0.2, 0.25) is 0 Å². The van der Waals surface area contributed by atoms with Gasteiger partial charge in [-0.05, 0) is 45.2 Å². The molecule has 3 rings (SSSR count). The molecule has 0 bridgehead atoms. The predicted octanol–water partition coefficient (Wildman–Crippen LogP) is 2.39. The van der Waals surface area contributed by atoms with Gasteiger partial charge in [-0.3, -0.25) is 9.48 Å². The van der Waals surface area contributed by atoms with E-state index in [-0.39, 0.29) is 11.0 Å². The molecule has 2 heterocycles. The van der Waals surface area contributed by atoms with Crippen molar-refractivity contribution in [3.8, 4) is 0 Å². The van der Waals surface area contributed by atoms with Crippen LogP contribution in [0.5, 0.6) is 0 Å². The van der Waals surface area contributed by atoms with Crippen LogP contribution >= 0.6 is 0 Å². The topological polar surface area (TPSA) is 41.4 Å². The fourth-order valence-corrected chi connectivity index (χ4v) is 3.92. The summed E-state index contributed by atoms with van der Waals surface area (Å²) in [6, 6.07) is 0.586. The van der Waals surface area contributed by atoms with Gasteiger partial charge in [-0.25, -0.2) is 0 Å². The molecule has 1 saturated carbocycles. The van der Waals surface area contributed by atoms with Gasteiger partial charge < -0.3 is 9.80 Å². The maximum atomic E-state index is 13.0. The number of nitrogens with zero attached hydrogens (tertiary/aromatic N) is 4. The lowest BCUT2D eigenvalue weighted by Gasteiger charge is -2.54. The van der Waals surface area contributed by atoms with Crippen molar-refractivity contribution in [1.29, 1.82) is 0 Å². The molecule has 1 aromatic heterocycles. The fraction of sp³-hybridized carbons (Fsp3) is 0.750. The molecular weight excluding hydrogens is 321 g/mol. The second kappa shape index (κ2) is 5.75. The van der Waals surface area contributed by atoms with E-state index in [1.54, 1.807) is 4.90 Å². The van der Waals surface area contributed by atoms with Crippen molar-refractivity contribution in [2.24, 2.45) is 12.5 Å². The highest BCUT2D eigenvalue weighted by atomic mass is 19.4. The van der Waals surface area contributed by atoms with E-state index in [9.17, 15) is 18.0 Å². The third-order valence-electron chi connectivity index (χ3n) is 5.51. The number of alkyl halides is 3. The van der Waals surface area contributed by atoms with Gasteiger partial charge in [0.15, 0.2) is 5.69 Å². The molecule has 5 nitrogen and oxygen atoms in total. The van der Waals surface area contributed by atoms with Crippen LogP contribution in [0.3, 0.4) is 0 Å². The number of carbonyl (C=O) groups excluding carboxylic acids is 1. The van der Waals surface area contributed by atoms with Gasteiger partial charge in [0.25, 0.3) is 5.91 Å². The second-order valence-electron chi connectivity index (χ2n) is 7.38. The number of hydrogen-bond donors (Lipinski definition) is 0. The first kappa shape index (κ1) is 17.3. The molecule has 1 aromatic rings. The Bertz CT molecular complexity index is 622. The molecule has 0 atom stereocenters. The molecule has 134 valence electrons. The highest BCUT2D eigenvalue weighted by molar-refractivity contribution is 5.95. The Balaban J connectivity index is 1.67. The lowest BCUT2D eigenvalue weighted by molar-refractivity contribution is -0.141. The zero-order valence-electron chi connectivity index (χ0n) is 14.2. The van der Waals surface area contributed by atoms with Crippen LogP contribution in [-0.4, -0.2) is 58.7 Å². The van der Waals surface area contributed by atoms with Gasteiger partial charge >= 0.3 is 6.18 Å². The van der Waals surface area contributed by atoms with E-state index in [2.05, 4.69) is 24.1 Å². The molecule has 0 unspecified atom stereocenters. The molecule has 24 heavy (non-hydrogen) atoms. The van der Waals surface area contributed by atoms with E-state index >= 15 is 0 Å². The minimum Gasteiger partial charge on any atom is -0.338 e. The summed E-state index contributed by atoms with van der Waals surface area (Å²) in [6.07, 6.45) is 0.512. The van der Waals surface area contributed by atoms with Crippen LogP contribution in [-0.2, 0) is 13.2 Å². The number of aryl methyl sites for hydroxylation is 1. The summed E-state index contributed by atoms with van der Waals surface area (Å²) in [6.45, 7) is 1.04. The van der Waals surface area contributed by atoms with E-state index in [1.807, 2.05) is 0 Å². The van der Waals surface area contributed by atoms with E-state index < -0.39 is 17.8 Å². The molecule has 1 spiro atoms. The van der Waals surface area contributed by atoms with Crippen LogP contribution in [0.25, 0.3) is 0 Å². The van der Waals surface area contributed by atoms with Crippen molar-refractivity contribution < 1.29 is 18.0 Å². The number of amides is 1. The summed E-state index contributed by atoms with van der Waals surface area (Å²) in [5.41, 5.74) is -1.17. The minimum atomic E-state index is -4.61. The molecule has 0 radical (unpaired) electrons. The van der Waals surface area contributed by atoms with Gasteiger partial charge in [0, 0.05) is 32.4 Å². The quantitative estimate of drug-likeness (QED) is 0.827. The lowest BCUT2D eigenvalue weighted by atomic mass is 9.60. The first-order valence-corrected chi connectivity index (χ1v) is 8.18. The van der Waals surface area contributed by atoms with Crippen molar-refractivity contribution in [3.05, 3.63) is 17.5 Å². The largest absolute Gasteiger partial charge is 0.435 e. The molecule has 1 aliphatic heterocycles.